The summed E-state index contributed by atoms with van der Waals surface area (Å²) in [6.07, 6.45) is 2.39. The third-order valence-corrected chi connectivity index (χ3v) is 4.26. The first-order chi connectivity index (χ1) is 11.8. The third kappa shape index (κ3) is 4.59. The molecular formula is C20H24N2O2. The molecule has 0 unspecified atom stereocenters. The Labute approximate surface area is 143 Å². The van der Waals surface area contributed by atoms with E-state index in [1.165, 1.54) is 0 Å². The molecule has 2 aromatic carbocycles. The lowest BCUT2D eigenvalue weighted by molar-refractivity contribution is -0.122. The number of benzene rings is 2. The maximum atomic E-state index is 12.0. The quantitative estimate of drug-likeness (QED) is 0.859. The maximum absolute atomic E-state index is 12.0. The Bertz CT molecular complexity index is 652. The van der Waals surface area contributed by atoms with Gasteiger partial charge in [0.2, 0.25) is 5.91 Å². The van der Waals surface area contributed by atoms with Gasteiger partial charge in [0.1, 0.15) is 5.75 Å². The zero-order chi connectivity index (χ0) is 16.6. The minimum Gasteiger partial charge on any atom is -0.492 e. The molecule has 4 heteroatoms. The number of hydrogen-bond donors (Lipinski definition) is 2. The first kappa shape index (κ1) is 16.5. The summed E-state index contributed by atoms with van der Waals surface area (Å²) in [5, 5.41) is 6.39. The predicted octanol–water partition coefficient (Wildman–Crippen LogP) is 2.99. The van der Waals surface area contributed by atoms with Crippen LogP contribution in [-0.4, -0.2) is 31.6 Å². The van der Waals surface area contributed by atoms with Gasteiger partial charge in [0.05, 0.1) is 13.0 Å². The number of carbonyl (C=O) groups is 1. The van der Waals surface area contributed by atoms with E-state index in [0.29, 0.717) is 19.1 Å². The van der Waals surface area contributed by atoms with Gasteiger partial charge < -0.3 is 15.4 Å². The number of carbonyl (C=O) groups excluding carboxylic acids is 1. The highest BCUT2D eigenvalue weighted by molar-refractivity contribution is 5.76. The van der Waals surface area contributed by atoms with Crippen LogP contribution < -0.4 is 15.4 Å². The lowest BCUT2D eigenvalue weighted by atomic mass is 10.1. The van der Waals surface area contributed by atoms with E-state index in [2.05, 4.69) is 22.8 Å². The van der Waals surface area contributed by atoms with E-state index in [4.69, 9.17) is 4.74 Å². The lowest BCUT2D eigenvalue weighted by Gasteiger charge is -2.23. The van der Waals surface area contributed by atoms with Gasteiger partial charge in [0, 0.05) is 11.6 Å². The van der Waals surface area contributed by atoms with Gasteiger partial charge in [0.15, 0.2) is 0 Å². The molecule has 24 heavy (non-hydrogen) atoms. The molecule has 0 bridgehead atoms. The first-order valence-corrected chi connectivity index (χ1v) is 8.60. The van der Waals surface area contributed by atoms with E-state index in [1.54, 1.807) is 0 Å². The minimum absolute atomic E-state index is 0.0686. The predicted molar refractivity (Wildman–Crippen MR) is 96.0 cm³/mol. The molecule has 0 spiro atoms. The summed E-state index contributed by atoms with van der Waals surface area (Å²) in [6.45, 7) is 2.35. The van der Waals surface area contributed by atoms with Gasteiger partial charge in [-0.3, -0.25) is 4.79 Å². The summed E-state index contributed by atoms with van der Waals surface area (Å²) in [5.41, 5.74) is 2.17. The normalized spacial score (nSPS) is 15.0. The summed E-state index contributed by atoms with van der Waals surface area (Å²) < 4.78 is 5.88. The number of amides is 1. The Hall–Kier alpha value is -2.33. The van der Waals surface area contributed by atoms with Crippen LogP contribution in [0.15, 0.2) is 54.6 Å². The van der Waals surface area contributed by atoms with Crippen LogP contribution in [0, 0.1) is 0 Å². The molecule has 3 rings (SSSR count). The Morgan fingerprint density at radius 3 is 2.54 bits per heavy atom. The van der Waals surface area contributed by atoms with E-state index >= 15 is 0 Å². The molecule has 0 saturated carbocycles. The van der Waals surface area contributed by atoms with Crippen molar-refractivity contribution in [1.29, 1.82) is 0 Å². The molecule has 0 aliphatic carbocycles. The summed E-state index contributed by atoms with van der Waals surface area (Å²) in [4.78, 5) is 12.0. The van der Waals surface area contributed by atoms with Crippen molar-refractivity contribution in [2.75, 3.05) is 19.7 Å². The molecule has 0 aromatic heterocycles. The van der Waals surface area contributed by atoms with Crippen LogP contribution in [0.1, 0.15) is 19.3 Å². The number of rotatable bonds is 6. The van der Waals surface area contributed by atoms with Crippen molar-refractivity contribution in [2.45, 2.75) is 25.3 Å². The smallest absolute Gasteiger partial charge is 0.223 e. The molecule has 1 aliphatic heterocycles. The molecule has 2 N–H and O–H groups in total. The second-order valence-corrected chi connectivity index (χ2v) is 6.05. The number of para-hydroxylation sites is 1. The zero-order valence-corrected chi connectivity index (χ0v) is 13.8. The Balaban J connectivity index is 1.52. The lowest BCUT2D eigenvalue weighted by Crippen LogP contribution is -2.43. The highest BCUT2D eigenvalue weighted by Crippen LogP contribution is 2.29. The summed E-state index contributed by atoms with van der Waals surface area (Å²) >= 11 is 0. The van der Waals surface area contributed by atoms with E-state index in [1.807, 2.05) is 42.5 Å². The topological polar surface area (TPSA) is 50.4 Å². The van der Waals surface area contributed by atoms with Crippen LogP contribution in [0.5, 0.6) is 5.75 Å². The van der Waals surface area contributed by atoms with Crippen molar-refractivity contribution in [2.24, 2.45) is 0 Å². The van der Waals surface area contributed by atoms with E-state index in [0.717, 1.165) is 42.8 Å². The molecule has 4 nitrogen and oxygen atoms in total. The van der Waals surface area contributed by atoms with Crippen LogP contribution in [0.25, 0.3) is 11.1 Å². The Morgan fingerprint density at radius 2 is 1.75 bits per heavy atom. The van der Waals surface area contributed by atoms with E-state index < -0.39 is 0 Å². The number of hydrogen-bond acceptors (Lipinski definition) is 3. The van der Waals surface area contributed by atoms with Gasteiger partial charge >= 0.3 is 0 Å². The van der Waals surface area contributed by atoms with Crippen molar-refractivity contribution in [3.63, 3.8) is 0 Å². The molecule has 2 aromatic rings. The average molecular weight is 324 g/mol. The van der Waals surface area contributed by atoms with Gasteiger partial charge in [-0.2, -0.15) is 0 Å². The number of nitrogens with one attached hydrogen (secondary N) is 2. The van der Waals surface area contributed by atoms with Gasteiger partial charge in [0.25, 0.3) is 0 Å². The standard InChI is InChI=1S/C20H24N2O2/c23-20(22-17-10-13-21-14-11-17)12-15-24-19-9-5-4-8-18(19)16-6-2-1-3-7-16/h1-9,17,21H,10-15H2,(H,22,23). The monoisotopic (exact) mass is 324 g/mol. The molecule has 1 amide bonds. The number of ether oxygens (including phenoxy) is 1. The molecule has 1 heterocycles. The largest absolute Gasteiger partial charge is 0.492 e. The van der Waals surface area contributed by atoms with Crippen molar-refractivity contribution >= 4 is 5.91 Å². The molecule has 1 aliphatic rings. The molecule has 0 radical (unpaired) electrons. The van der Waals surface area contributed by atoms with E-state index in [9.17, 15) is 4.79 Å². The van der Waals surface area contributed by atoms with Gasteiger partial charge in [-0.1, -0.05) is 48.5 Å². The van der Waals surface area contributed by atoms with Crippen molar-refractivity contribution < 1.29 is 9.53 Å². The van der Waals surface area contributed by atoms with Crippen molar-refractivity contribution in [1.82, 2.24) is 10.6 Å². The third-order valence-electron chi connectivity index (χ3n) is 4.26. The van der Waals surface area contributed by atoms with Crippen LogP contribution in [0.4, 0.5) is 0 Å². The van der Waals surface area contributed by atoms with Crippen LogP contribution in [0.2, 0.25) is 0 Å². The maximum Gasteiger partial charge on any atom is 0.223 e. The zero-order valence-electron chi connectivity index (χ0n) is 13.8. The minimum atomic E-state index is 0.0686. The highest BCUT2D eigenvalue weighted by Gasteiger charge is 2.15. The fourth-order valence-corrected chi connectivity index (χ4v) is 2.97. The summed E-state index contributed by atoms with van der Waals surface area (Å²) in [6, 6.07) is 18.4. The fourth-order valence-electron chi connectivity index (χ4n) is 2.97. The second-order valence-electron chi connectivity index (χ2n) is 6.05. The second kappa shape index (κ2) is 8.50. The van der Waals surface area contributed by atoms with E-state index in [-0.39, 0.29) is 5.91 Å². The molecule has 126 valence electrons. The van der Waals surface area contributed by atoms with Crippen molar-refractivity contribution in [3.8, 4) is 16.9 Å². The molecular weight excluding hydrogens is 300 g/mol. The van der Waals surface area contributed by atoms with Gasteiger partial charge in [-0.05, 0) is 37.6 Å². The van der Waals surface area contributed by atoms with Crippen LogP contribution >= 0.6 is 0 Å². The van der Waals surface area contributed by atoms with Crippen LogP contribution in [-0.2, 0) is 4.79 Å². The number of piperidine rings is 1. The Kier molecular flexibility index (Phi) is 5.85. The average Bonchev–Trinajstić information content (AvgIpc) is 2.64. The van der Waals surface area contributed by atoms with Crippen molar-refractivity contribution in [3.05, 3.63) is 54.6 Å². The van der Waals surface area contributed by atoms with Gasteiger partial charge in [-0.25, -0.2) is 0 Å². The summed E-state index contributed by atoms with van der Waals surface area (Å²) in [7, 11) is 0. The molecule has 0 atom stereocenters. The highest BCUT2D eigenvalue weighted by atomic mass is 16.5. The molecule has 1 saturated heterocycles. The molecule has 1 fully saturated rings. The Morgan fingerprint density at radius 1 is 1.04 bits per heavy atom. The first-order valence-electron chi connectivity index (χ1n) is 8.60. The SMILES string of the molecule is O=C(CCOc1ccccc1-c1ccccc1)NC1CCNCC1. The fraction of sp³-hybridized carbons (Fsp3) is 0.350. The van der Waals surface area contributed by atoms with Crippen LogP contribution in [0.3, 0.4) is 0 Å². The van der Waals surface area contributed by atoms with Gasteiger partial charge in [-0.15, -0.1) is 0 Å². The summed E-state index contributed by atoms with van der Waals surface area (Å²) in [5.74, 6) is 0.887.